The minimum Gasteiger partial charge on any atom is -0.481 e. The van der Waals surface area contributed by atoms with Gasteiger partial charge in [0.05, 0.1) is 6.42 Å². The zero-order chi connectivity index (χ0) is 14.4. The Morgan fingerprint density at radius 3 is 2.53 bits per heavy atom. The second-order valence-corrected chi connectivity index (χ2v) is 4.71. The smallest absolute Gasteiger partial charge is 0.325 e. The van der Waals surface area contributed by atoms with E-state index in [0.29, 0.717) is 5.69 Å². The molecule has 1 aromatic carbocycles. The number of hydrogen-bond donors (Lipinski definition) is 3. The molecule has 0 aliphatic rings. The van der Waals surface area contributed by atoms with E-state index in [2.05, 4.69) is 26.6 Å². The lowest BCUT2D eigenvalue weighted by atomic mass is 10.2. The first-order chi connectivity index (χ1) is 8.88. The molecule has 3 amide bonds. The number of aryl methyl sites for hydroxylation is 1. The van der Waals surface area contributed by atoms with E-state index in [4.69, 9.17) is 5.11 Å². The molecule has 1 aromatic rings. The Balaban J connectivity index is 2.48. The third kappa shape index (κ3) is 5.52. The predicted octanol–water partition coefficient (Wildman–Crippen LogP) is 2.27. The molecule has 3 N–H and O–H groups in total. The first-order valence-corrected chi connectivity index (χ1v) is 6.26. The summed E-state index contributed by atoms with van der Waals surface area (Å²) in [4.78, 5) is 33.0. The van der Waals surface area contributed by atoms with Gasteiger partial charge in [0, 0.05) is 16.6 Å². The predicted molar refractivity (Wildman–Crippen MR) is 72.9 cm³/mol. The van der Waals surface area contributed by atoms with E-state index in [0.717, 1.165) is 10.0 Å². The quantitative estimate of drug-likeness (QED) is 0.790. The fourth-order valence-electron chi connectivity index (χ4n) is 1.29. The number of hydrogen-bond acceptors (Lipinski definition) is 3. The maximum atomic E-state index is 11.5. The molecule has 0 bridgehead atoms. The highest BCUT2D eigenvalue weighted by molar-refractivity contribution is 9.10. The molecule has 0 aliphatic carbocycles. The first kappa shape index (κ1) is 15.2. The van der Waals surface area contributed by atoms with Gasteiger partial charge in [-0.3, -0.25) is 14.9 Å². The second-order valence-electron chi connectivity index (χ2n) is 3.86. The molecule has 102 valence electrons. The summed E-state index contributed by atoms with van der Waals surface area (Å²) in [6, 6.07) is 4.51. The van der Waals surface area contributed by atoms with Crippen LogP contribution in [0.3, 0.4) is 0 Å². The normalized spacial score (nSPS) is 9.79. The van der Waals surface area contributed by atoms with Crippen LogP contribution in [0.15, 0.2) is 22.7 Å². The summed E-state index contributed by atoms with van der Waals surface area (Å²) in [5.74, 6) is -1.71. The molecule has 0 atom stereocenters. The fraction of sp³-hybridized carbons (Fsp3) is 0.250. The number of rotatable bonds is 4. The average molecular weight is 329 g/mol. The van der Waals surface area contributed by atoms with Crippen molar-refractivity contribution in [2.75, 3.05) is 5.32 Å². The largest absolute Gasteiger partial charge is 0.481 e. The summed E-state index contributed by atoms with van der Waals surface area (Å²) in [7, 11) is 0. The molecule has 6 nitrogen and oxygen atoms in total. The Morgan fingerprint density at radius 2 is 1.95 bits per heavy atom. The van der Waals surface area contributed by atoms with Crippen LogP contribution < -0.4 is 10.6 Å². The van der Waals surface area contributed by atoms with E-state index in [1.54, 1.807) is 18.2 Å². The molecular formula is C12H13BrN2O4. The molecule has 0 spiro atoms. The molecule has 0 aliphatic heterocycles. The van der Waals surface area contributed by atoms with E-state index in [1.165, 1.54) is 0 Å². The van der Waals surface area contributed by atoms with Gasteiger partial charge in [-0.15, -0.1) is 0 Å². The molecule has 0 fully saturated rings. The number of halogens is 1. The highest BCUT2D eigenvalue weighted by Crippen LogP contribution is 2.19. The van der Waals surface area contributed by atoms with Crippen molar-refractivity contribution in [3.63, 3.8) is 0 Å². The summed E-state index contributed by atoms with van der Waals surface area (Å²) < 4.78 is 0.913. The van der Waals surface area contributed by atoms with Gasteiger partial charge in [0.25, 0.3) is 0 Å². The molecule has 7 heteroatoms. The van der Waals surface area contributed by atoms with Gasteiger partial charge in [0.15, 0.2) is 0 Å². The standard InChI is InChI=1S/C12H13BrN2O4/c1-7-6-8(2-3-9(7)13)14-12(19)15-10(16)4-5-11(17)18/h2-3,6H,4-5H2,1H3,(H,17,18)(H2,14,15,16,19). The van der Waals surface area contributed by atoms with Crippen LogP contribution in [-0.4, -0.2) is 23.0 Å². The Morgan fingerprint density at radius 1 is 1.26 bits per heavy atom. The SMILES string of the molecule is Cc1cc(NC(=O)NC(=O)CCC(=O)O)ccc1Br. The number of carboxylic acid groups (broad SMARTS) is 1. The zero-order valence-electron chi connectivity index (χ0n) is 10.2. The maximum absolute atomic E-state index is 11.5. The van der Waals surface area contributed by atoms with Gasteiger partial charge >= 0.3 is 12.0 Å². The number of benzene rings is 1. The highest BCUT2D eigenvalue weighted by Gasteiger charge is 2.10. The fourth-order valence-corrected chi connectivity index (χ4v) is 1.54. The van der Waals surface area contributed by atoms with Crippen molar-refractivity contribution < 1.29 is 19.5 Å². The minimum atomic E-state index is -1.08. The summed E-state index contributed by atoms with van der Waals surface area (Å²) in [5.41, 5.74) is 1.49. The van der Waals surface area contributed by atoms with Gasteiger partial charge in [-0.1, -0.05) is 15.9 Å². The number of urea groups is 1. The van der Waals surface area contributed by atoms with E-state index in [-0.39, 0.29) is 12.8 Å². The van der Waals surface area contributed by atoms with Crippen LogP contribution in [0.4, 0.5) is 10.5 Å². The van der Waals surface area contributed by atoms with Crippen molar-refractivity contribution in [2.24, 2.45) is 0 Å². The summed E-state index contributed by atoms with van der Waals surface area (Å²) in [6.07, 6.45) is -0.543. The van der Waals surface area contributed by atoms with Crippen LogP contribution in [0, 0.1) is 6.92 Å². The molecule has 0 heterocycles. The third-order valence-corrected chi connectivity index (χ3v) is 3.12. The monoisotopic (exact) mass is 328 g/mol. The van der Waals surface area contributed by atoms with Crippen molar-refractivity contribution >= 4 is 39.5 Å². The van der Waals surface area contributed by atoms with Crippen molar-refractivity contribution in [1.29, 1.82) is 0 Å². The lowest BCUT2D eigenvalue weighted by Crippen LogP contribution is -2.34. The number of amides is 3. The third-order valence-electron chi connectivity index (χ3n) is 2.23. The second kappa shape index (κ2) is 6.89. The van der Waals surface area contributed by atoms with E-state index in [9.17, 15) is 14.4 Å². The minimum absolute atomic E-state index is 0.234. The Hall–Kier alpha value is -1.89. The van der Waals surface area contributed by atoms with E-state index < -0.39 is 17.9 Å². The lowest BCUT2D eigenvalue weighted by Gasteiger charge is -2.07. The molecule has 0 aromatic heterocycles. The van der Waals surface area contributed by atoms with Crippen molar-refractivity contribution in [2.45, 2.75) is 19.8 Å². The van der Waals surface area contributed by atoms with Crippen molar-refractivity contribution in [3.05, 3.63) is 28.2 Å². The van der Waals surface area contributed by atoms with Gasteiger partial charge < -0.3 is 10.4 Å². The molecular weight excluding hydrogens is 316 g/mol. The van der Waals surface area contributed by atoms with Gasteiger partial charge in [0.2, 0.25) is 5.91 Å². The Bertz CT molecular complexity index is 516. The van der Waals surface area contributed by atoms with Crippen LogP contribution in [0.2, 0.25) is 0 Å². The van der Waals surface area contributed by atoms with Gasteiger partial charge in [-0.05, 0) is 30.7 Å². The number of anilines is 1. The number of carboxylic acids is 1. The average Bonchev–Trinajstić information content (AvgIpc) is 2.31. The topological polar surface area (TPSA) is 95.5 Å². The number of imide groups is 1. The van der Waals surface area contributed by atoms with Gasteiger partial charge in [-0.25, -0.2) is 4.79 Å². The first-order valence-electron chi connectivity index (χ1n) is 5.47. The number of nitrogens with one attached hydrogen (secondary N) is 2. The van der Waals surface area contributed by atoms with Gasteiger partial charge in [0.1, 0.15) is 0 Å². The molecule has 19 heavy (non-hydrogen) atoms. The molecule has 0 saturated heterocycles. The molecule has 0 unspecified atom stereocenters. The number of aliphatic carboxylic acids is 1. The summed E-state index contributed by atoms with van der Waals surface area (Å²) in [6.45, 7) is 1.87. The molecule has 0 radical (unpaired) electrons. The van der Waals surface area contributed by atoms with Crippen LogP contribution in [0.25, 0.3) is 0 Å². The Kier molecular flexibility index (Phi) is 5.50. The summed E-state index contributed by atoms with van der Waals surface area (Å²) >= 11 is 3.33. The molecule has 1 rings (SSSR count). The number of carbonyl (C=O) groups is 3. The Labute approximate surface area is 118 Å². The van der Waals surface area contributed by atoms with Crippen molar-refractivity contribution in [1.82, 2.24) is 5.32 Å². The molecule has 0 saturated carbocycles. The van der Waals surface area contributed by atoms with Gasteiger partial charge in [-0.2, -0.15) is 0 Å². The van der Waals surface area contributed by atoms with Crippen LogP contribution >= 0.6 is 15.9 Å². The lowest BCUT2D eigenvalue weighted by molar-refractivity contribution is -0.138. The van der Waals surface area contributed by atoms with E-state index in [1.807, 2.05) is 6.92 Å². The zero-order valence-corrected chi connectivity index (χ0v) is 11.8. The maximum Gasteiger partial charge on any atom is 0.325 e. The van der Waals surface area contributed by atoms with Crippen LogP contribution in [-0.2, 0) is 9.59 Å². The summed E-state index contributed by atoms with van der Waals surface area (Å²) in [5, 5.41) is 12.9. The van der Waals surface area contributed by atoms with E-state index >= 15 is 0 Å². The number of carbonyl (C=O) groups excluding carboxylic acids is 2. The van der Waals surface area contributed by atoms with Crippen LogP contribution in [0.5, 0.6) is 0 Å². The van der Waals surface area contributed by atoms with Crippen molar-refractivity contribution in [3.8, 4) is 0 Å². The highest BCUT2D eigenvalue weighted by atomic mass is 79.9. The van der Waals surface area contributed by atoms with Crippen LogP contribution in [0.1, 0.15) is 18.4 Å².